The molecule has 1 unspecified atom stereocenters. The number of nitriles is 1. The Hall–Kier alpha value is -1.08. The van der Waals surface area contributed by atoms with Crippen molar-refractivity contribution in [1.82, 2.24) is 5.32 Å². The van der Waals surface area contributed by atoms with Gasteiger partial charge in [-0.25, -0.2) is 0 Å². The first-order chi connectivity index (χ1) is 6.76. The molecule has 1 N–H and O–H groups in total. The van der Waals surface area contributed by atoms with Crippen LogP contribution in [0.15, 0.2) is 0 Å². The highest BCUT2D eigenvalue weighted by Gasteiger charge is 2.23. The monoisotopic (exact) mass is 196 g/mol. The van der Waals surface area contributed by atoms with E-state index in [1.165, 1.54) is 12.8 Å². The Kier molecular flexibility index (Phi) is 4.41. The molecule has 1 atom stereocenters. The lowest BCUT2D eigenvalue weighted by molar-refractivity contribution is -0.143. The third-order valence-corrected chi connectivity index (χ3v) is 2.18. The molecule has 1 rings (SSSR count). The van der Waals surface area contributed by atoms with Crippen LogP contribution in [0.1, 0.15) is 26.2 Å². The molecule has 78 valence electrons. The molecule has 0 saturated heterocycles. The van der Waals surface area contributed by atoms with Gasteiger partial charge in [0, 0.05) is 0 Å². The number of nitrogens with zero attached hydrogens (tertiary/aromatic N) is 1. The van der Waals surface area contributed by atoms with E-state index in [0.29, 0.717) is 12.5 Å². The van der Waals surface area contributed by atoms with Gasteiger partial charge in [-0.2, -0.15) is 5.26 Å². The molecule has 1 aliphatic carbocycles. The van der Waals surface area contributed by atoms with Crippen molar-refractivity contribution in [3.63, 3.8) is 0 Å². The first-order valence-electron chi connectivity index (χ1n) is 5.05. The van der Waals surface area contributed by atoms with Gasteiger partial charge < -0.3 is 10.1 Å². The van der Waals surface area contributed by atoms with Crippen LogP contribution in [0, 0.1) is 17.2 Å². The van der Waals surface area contributed by atoms with Crippen LogP contribution in [-0.2, 0) is 9.53 Å². The van der Waals surface area contributed by atoms with E-state index >= 15 is 0 Å². The summed E-state index contributed by atoms with van der Waals surface area (Å²) >= 11 is 0. The molecular formula is C10H16N2O2. The molecule has 0 aromatic carbocycles. The Labute approximate surface area is 84.2 Å². The van der Waals surface area contributed by atoms with Crippen LogP contribution in [0.2, 0.25) is 0 Å². The first-order valence-corrected chi connectivity index (χ1v) is 5.05. The number of rotatable bonds is 6. The molecule has 0 heterocycles. The Bertz CT molecular complexity index is 231. The van der Waals surface area contributed by atoms with Crippen LogP contribution < -0.4 is 5.32 Å². The normalized spacial score (nSPS) is 17.1. The number of carbonyl (C=O) groups excluding carboxylic acids is 1. The first kappa shape index (κ1) is 11.0. The fourth-order valence-electron chi connectivity index (χ4n) is 1.18. The van der Waals surface area contributed by atoms with Gasteiger partial charge >= 0.3 is 5.97 Å². The topological polar surface area (TPSA) is 62.1 Å². The zero-order valence-electron chi connectivity index (χ0n) is 8.45. The van der Waals surface area contributed by atoms with E-state index in [9.17, 15) is 4.79 Å². The summed E-state index contributed by atoms with van der Waals surface area (Å²) in [5, 5.41) is 11.8. The molecule has 0 spiro atoms. The van der Waals surface area contributed by atoms with Gasteiger partial charge in [0.1, 0.15) is 6.04 Å². The van der Waals surface area contributed by atoms with Gasteiger partial charge in [0.2, 0.25) is 0 Å². The summed E-state index contributed by atoms with van der Waals surface area (Å²) < 4.78 is 4.77. The molecule has 0 aromatic heterocycles. The van der Waals surface area contributed by atoms with E-state index in [1.807, 2.05) is 0 Å². The number of esters is 1. The lowest BCUT2D eigenvalue weighted by Crippen LogP contribution is -2.32. The van der Waals surface area contributed by atoms with Gasteiger partial charge in [0.05, 0.1) is 19.1 Å². The minimum atomic E-state index is -0.394. The Morgan fingerprint density at radius 3 is 2.93 bits per heavy atom. The van der Waals surface area contributed by atoms with Crippen LogP contribution >= 0.6 is 0 Å². The molecular weight excluding hydrogens is 180 g/mol. The van der Waals surface area contributed by atoms with Crippen molar-refractivity contribution in [2.75, 3.05) is 13.2 Å². The Balaban J connectivity index is 2.16. The summed E-state index contributed by atoms with van der Waals surface area (Å²) in [5.41, 5.74) is 0. The molecule has 0 bridgehead atoms. The van der Waals surface area contributed by atoms with Gasteiger partial charge in [0.25, 0.3) is 0 Å². The van der Waals surface area contributed by atoms with Crippen LogP contribution in [0.25, 0.3) is 0 Å². The SMILES string of the molecule is CCOC(=O)CC(C#N)NCC1CC1. The second kappa shape index (κ2) is 5.61. The second-order valence-electron chi connectivity index (χ2n) is 3.54. The average Bonchev–Trinajstić information content (AvgIpc) is 2.96. The van der Waals surface area contributed by atoms with Crippen LogP contribution in [0.4, 0.5) is 0 Å². The minimum Gasteiger partial charge on any atom is -0.466 e. The highest BCUT2D eigenvalue weighted by atomic mass is 16.5. The van der Waals surface area contributed by atoms with Gasteiger partial charge in [-0.15, -0.1) is 0 Å². The molecule has 1 saturated carbocycles. The molecule has 1 fully saturated rings. The van der Waals surface area contributed by atoms with E-state index in [-0.39, 0.29) is 12.4 Å². The van der Waals surface area contributed by atoms with Crippen LogP contribution in [-0.4, -0.2) is 25.2 Å². The standard InChI is InChI=1S/C10H16N2O2/c1-2-14-10(13)5-9(6-11)12-7-8-3-4-8/h8-9,12H,2-5,7H2,1H3. The molecule has 0 aliphatic heterocycles. The number of carbonyl (C=O) groups is 1. The summed E-state index contributed by atoms with van der Waals surface area (Å²) in [5.74, 6) is 0.412. The summed E-state index contributed by atoms with van der Waals surface area (Å²) in [7, 11) is 0. The lowest BCUT2D eigenvalue weighted by atomic mass is 10.2. The molecule has 0 aromatic rings. The zero-order valence-corrected chi connectivity index (χ0v) is 8.45. The summed E-state index contributed by atoms with van der Waals surface area (Å²) in [6, 6.07) is 1.67. The fourth-order valence-corrected chi connectivity index (χ4v) is 1.18. The maximum atomic E-state index is 11.1. The quantitative estimate of drug-likeness (QED) is 0.639. The summed E-state index contributed by atoms with van der Waals surface area (Å²) in [6.45, 7) is 2.98. The molecule has 0 amide bonds. The van der Waals surface area contributed by atoms with Gasteiger partial charge in [-0.05, 0) is 32.2 Å². The predicted octanol–water partition coefficient (Wildman–Crippen LogP) is 0.831. The van der Waals surface area contributed by atoms with Crippen molar-refractivity contribution < 1.29 is 9.53 Å². The highest BCUT2D eigenvalue weighted by molar-refractivity contribution is 5.70. The zero-order chi connectivity index (χ0) is 10.4. The summed E-state index contributed by atoms with van der Waals surface area (Å²) in [4.78, 5) is 11.1. The predicted molar refractivity (Wildman–Crippen MR) is 51.4 cm³/mol. The van der Waals surface area contributed by atoms with Crippen molar-refractivity contribution in [1.29, 1.82) is 5.26 Å². The third-order valence-electron chi connectivity index (χ3n) is 2.18. The van der Waals surface area contributed by atoms with Crippen LogP contribution in [0.5, 0.6) is 0 Å². The van der Waals surface area contributed by atoms with Crippen molar-refractivity contribution in [2.45, 2.75) is 32.2 Å². The van der Waals surface area contributed by atoms with Crippen molar-refractivity contribution in [2.24, 2.45) is 5.92 Å². The smallest absolute Gasteiger partial charge is 0.308 e. The van der Waals surface area contributed by atoms with E-state index in [1.54, 1.807) is 6.92 Å². The van der Waals surface area contributed by atoms with E-state index in [4.69, 9.17) is 10.00 Å². The number of ether oxygens (including phenoxy) is 1. The molecule has 14 heavy (non-hydrogen) atoms. The third kappa shape index (κ3) is 4.24. The van der Waals surface area contributed by atoms with Crippen molar-refractivity contribution in [3.8, 4) is 6.07 Å². The van der Waals surface area contributed by atoms with E-state index in [2.05, 4.69) is 11.4 Å². The number of hydrogen-bond donors (Lipinski definition) is 1. The fraction of sp³-hybridized carbons (Fsp3) is 0.800. The maximum absolute atomic E-state index is 11.1. The maximum Gasteiger partial charge on any atom is 0.308 e. The van der Waals surface area contributed by atoms with Crippen molar-refractivity contribution in [3.05, 3.63) is 0 Å². The van der Waals surface area contributed by atoms with E-state index < -0.39 is 6.04 Å². The van der Waals surface area contributed by atoms with Gasteiger partial charge in [-0.3, -0.25) is 4.79 Å². The summed E-state index contributed by atoms with van der Waals surface area (Å²) in [6.07, 6.45) is 2.63. The van der Waals surface area contributed by atoms with Crippen LogP contribution in [0.3, 0.4) is 0 Å². The second-order valence-corrected chi connectivity index (χ2v) is 3.54. The molecule has 1 aliphatic rings. The molecule has 0 radical (unpaired) electrons. The average molecular weight is 196 g/mol. The minimum absolute atomic E-state index is 0.150. The Morgan fingerprint density at radius 2 is 2.43 bits per heavy atom. The molecule has 4 heteroatoms. The largest absolute Gasteiger partial charge is 0.466 e. The van der Waals surface area contributed by atoms with Crippen molar-refractivity contribution >= 4 is 5.97 Å². The van der Waals surface area contributed by atoms with Gasteiger partial charge in [-0.1, -0.05) is 0 Å². The van der Waals surface area contributed by atoms with E-state index in [0.717, 1.165) is 6.54 Å². The number of hydrogen-bond acceptors (Lipinski definition) is 4. The van der Waals surface area contributed by atoms with Gasteiger partial charge in [0.15, 0.2) is 0 Å². The Morgan fingerprint density at radius 1 is 1.71 bits per heavy atom. The number of nitrogens with one attached hydrogen (secondary N) is 1. The molecule has 4 nitrogen and oxygen atoms in total. The highest BCUT2D eigenvalue weighted by Crippen LogP contribution is 2.27. The lowest BCUT2D eigenvalue weighted by Gasteiger charge is -2.09.